The number of hydrogen-bond acceptors (Lipinski definition) is 5. The lowest BCUT2D eigenvalue weighted by Gasteiger charge is -2.09. The number of nitrogens with one attached hydrogen (secondary N) is 1. The lowest BCUT2D eigenvalue weighted by molar-refractivity contribution is 0.139. The fraction of sp³-hybridized carbons (Fsp3) is 0.500. The van der Waals surface area contributed by atoms with E-state index in [1.54, 1.807) is 16.3 Å². The smallest absolute Gasteiger partial charge is 0.329 e. The Hall–Kier alpha value is -2.68. The highest BCUT2D eigenvalue weighted by atomic mass is 16.5. The van der Waals surface area contributed by atoms with Crippen LogP contribution in [0.3, 0.4) is 0 Å². The van der Waals surface area contributed by atoms with Gasteiger partial charge in [-0.15, -0.1) is 0 Å². The third kappa shape index (κ3) is 2.70. The van der Waals surface area contributed by atoms with Crippen LogP contribution in [-0.4, -0.2) is 42.1 Å². The molecule has 134 valence electrons. The molecule has 0 aliphatic carbocycles. The molecule has 0 spiro atoms. The summed E-state index contributed by atoms with van der Waals surface area (Å²) in [5, 5.41) is 4.54. The molecule has 3 heterocycles. The zero-order chi connectivity index (χ0) is 18.3. The van der Waals surface area contributed by atoms with Gasteiger partial charge in [0.1, 0.15) is 0 Å². The molecule has 9 heteroatoms. The average Bonchev–Trinajstić information content (AvgIpc) is 3.07. The van der Waals surface area contributed by atoms with E-state index in [2.05, 4.69) is 15.1 Å². The summed E-state index contributed by atoms with van der Waals surface area (Å²) in [6.07, 6.45) is 0. The van der Waals surface area contributed by atoms with E-state index in [0.717, 1.165) is 17.0 Å². The molecule has 3 aromatic heterocycles. The van der Waals surface area contributed by atoms with E-state index in [4.69, 9.17) is 4.74 Å². The standard InChI is InChI=1S/C16H22N6O3/c1-6-25-8-7-21-12-13(20(5)16(24)18-14(12)23)17-15(21)22-11(4)9(2)10(3)19-22/h6-8H2,1-5H3,(H,18,23,24). The summed E-state index contributed by atoms with van der Waals surface area (Å²) in [5.41, 5.74) is 2.59. The van der Waals surface area contributed by atoms with Gasteiger partial charge in [0, 0.05) is 25.9 Å². The number of imidazole rings is 1. The first-order chi connectivity index (χ1) is 11.9. The zero-order valence-corrected chi connectivity index (χ0v) is 15.1. The number of ether oxygens (including phenoxy) is 1. The predicted octanol–water partition coefficient (Wildman–Crippen LogP) is 0.571. The molecule has 0 saturated carbocycles. The summed E-state index contributed by atoms with van der Waals surface area (Å²) in [5.74, 6) is 0.495. The summed E-state index contributed by atoms with van der Waals surface area (Å²) in [6.45, 7) is 9.21. The van der Waals surface area contributed by atoms with Crippen LogP contribution in [0.1, 0.15) is 23.9 Å². The number of aromatic amines is 1. The maximum absolute atomic E-state index is 12.4. The van der Waals surface area contributed by atoms with Crippen LogP contribution in [0.15, 0.2) is 9.59 Å². The van der Waals surface area contributed by atoms with Crippen LogP contribution in [0.25, 0.3) is 17.1 Å². The van der Waals surface area contributed by atoms with Crippen LogP contribution < -0.4 is 11.2 Å². The summed E-state index contributed by atoms with van der Waals surface area (Å²) in [7, 11) is 1.58. The highest BCUT2D eigenvalue weighted by Crippen LogP contribution is 2.19. The Morgan fingerprint density at radius 1 is 1.20 bits per heavy atom. The molecule has 0 amide bonds. The first-order valence-electron chi connectivity index (χ1n) is 8.17. The number of hydrogen-bond donors (Lipinski definition) is 1. The van der Waals surface area contributed by atoms with Crippen molar-refractivity contribution in [2.24, 2.45) is 7.05 Å². The van der Waals surface area contributed by atoms with Gasteiger partial charge >= 0.3 is 5.69 Å². The summed E-state index contributed by atoms with van der Waals surface area (Å²) >= 11 is 0. The first-order valence-corrected chi connectivity index (χ1v) is 8.17. The maximum Gasteiger partial charge on any atom is 0.329 e. The Morgan fingerprint density at radius 2 is 1.92 bits per heavy atom. The second kappa shape index (κ2) is 6.32. The molecule has 0 unspecified atom stereocenters. The number of nitrogens with zero attached hydrogens (tertiary/aromatic N) is 5. The van der Waals surface area contributed by atoms with Gasteiger partial charge in [-0.05, 0) is 33.3 Å². The molecule has 1 N–H and O–H groups in total. The quantitative estimate of drug-likeness (QED) is 0.681. The number of H-pyrrole nitrogens is 1. The van der Waals surface area contributed by atoms with Gasteiger partial charge in [-0.3, -0.25) is 14.3 Å². The van der Waals surface area contributed by atoms with Gasteiger partial charge in [0.15, 0.2) is 11.2 Å². The predicted molar refractivity (Wildman–Crippen MR) is 93.4 cm³/mol. The van der Waals surface area contributed by atoms with Crippen LogP contribution in [0.5, 0.6) is 0 Å². The van der Waals surface area contributed by atoms with E-state index in [1.807, 2.05) is 27.7 Å². The molecule has 0 fully saturated rings. The Balaban J connectivity index is 2.33. The van der Waals surface area contributed by atoms with Crippen molar-refractivity contribution < 1.29 is 4.74 Å². The van der Waals surface area contributed by atoms with E-state index in [9.17, 15) is 9.59 Å². The molecule has 9 nitrogen and oxygen atoms in total. The van der Waals surface area contributed by atoms with Gasteiger partial charge in [-0.2, -0.15) is 10.1 Å². The Labute approximate surface area is 143 Å². The van der Waals surface area contributed by atoms with Gasteiger partial charge in [0.25, 0.3) is 5.56 Å². The monoisotopic (exact) mass is 346 g/mol. The van der Waals surface area contributed by atoms with Crippen molar-refractivity contribution >= 4 is 11.2 Å². The third-order valence-electron chi connectivity index (χ3n) is 4.49. The first kappa shape index (κ1) is 17.2. The highest BCUT2D eigenvalue weighted by molar-refractivity contribution is 5.72. The molecule has 0 atom stereocenters. The molecule has 3 aromatic rings. The molecule has 0 aliphatic rings. The number of aromatic nitrogens is 6. The minimum atomic E-state index is -0.497. The maximum atomic E-state index is 12.4. The largest absolute Gasteiger partial charge is 0.380 e. The molecule has 25 heavy (non-hydrogen) atoms. The molecular weight excluding hydrogens is 324 g/mol. The second-order valence-electron chi connectivity index (χ2n) is 5.96. The van der Waals surface area contributed by atoms with E-state index >= 15 is 0 Å². The zero-order valence-electron chi connectivity index (χ0n) is 15.1. The summed E-state index contributed by atoms with van der Waals surface area (Å²) < 4.78 is 10.2. The van der Waals surface area contributed by atoms with Crippen molar-refractivity contribution in [3.8, 4) is 5.95 Å². The van der Waals surface area contributed by atoms with Gasteiger partial charge in [0.2, 0.25) is 5.95 Å². The lowest BCUT2D eigenvalue weighted by Crippen LogP contribution is -2.29. The van der Waals surface area contributed by atoms with Crippen LogP contribution in [-0.2, 0) is 18.3 Å². The molecule has 3 rings (SSSR count). The third-order valence-corrected chi connectivity index (χ3v) is 4.49. The normalized spacial score (nSPS) is 11.6. The molecule has 0 aliphatic heterocycles. The Bertz CT molecular complexity index is 1050. The molecule has 0 radical (unpaired) electrons. The Morgan fingerprint density at radius 3 is 2.52 bits per heavy atom. The van der Waals surface area contributed by atoms with Crippen molar-refractivity contribution in [3.63, 3.8) is 0 Å². The van der Waals surface area contributed by atoms with E-state index in [-0.39, 0.29) is 0 Å². The molecule has 0 aromatic carbocycles. The average molecular weight is 346 g/mol. The molecular formula is C16H22N6O3. The van der Waals surface area contributed by atoms with Gasteiger partial charge in [-0.1, -0.05) is 0 Å². The minimum Gasteiger partial charge on any atom is -0.380 e. The van der Waals surface area contributed by atoms with Crippen LogP contribution >= 0.6 is 0 Å². The van der Waals surface area contributed by atoms with Gasteiger partial charge in [-0.25, -0.2) is 9.48 Å². The summed E-state index contributed by atoms with van der Waals surface area (Å²) in [6, 6.07) is 0. The van der Waals surface area contributed by atoms with Crippen molar-refractivity contribution in [1.82, 2.24) is 28.9 Å². The highest BCUT2D eigenvalue weighted by Gasteiger charge is 2.21. The molecule has 0 saturated heterocycles. The van der Waals surface area contributed by atoms with Crippen molar-refractivity contribution in [2.45, 2.75) is 34.2 Å². The van der Waals surface area contributed by atoms with Crippen LogP contribution in [0.4, 0.5) is 0 Å². The minimum absolute atomic E-state index is 0.324. The lowest BCUT2D eigenvalue weighted by atomic mass is 10.2. The SMILES string of the molecule is CCOCCn1c(-n2nc(C)c(C)c2C)nc2c1c(=O)[nH]c(=O)n2C. The fourth-order valence-corrected chi connectivity index (χ4v) is 2.81. The van der Waals surface area contributed by atoms with Crippen molar-refractivity contribution in [3.05, 3.63) is 37.8 Å². The van der Waals surface area contributed by atoms with Crippen molar-refractivity contribution in [2.75, 3.05) is 13.2 Å². The second-order valence-corrected chi connectivity index (χ2v) is 5.96. The Kier molecular flexibility index (Phi) is 4.34. The van der Waals surface area contributed by atoms with Gasteiger partial charge < -0.3 is 9.30 Å². The van der Waals surface area contributed by atoms with Gasteiger partial charge in [0.05, 0.1) is 12.3 Å². The number of fused-ring (bicyclic) bond motifs is 1. The van der Waals surface area contributed by atoms with Crippen molar-refractivity contribution in [1.29, 1.82) is 0 Å². The number of rotatable bonds is 5. The van der Waals surface area contributed by atoms with E-state index < -0.39 is 11.2 Å². The number of aryl methyl sites for hydroxylation is 2. The van der Waals surface area contributed by atoms with E-state index in [1.165, 1.54) is 4.57 Å². The fourth-order valence-electron chi connectivity index (χ4n) is 2.81. The van der Waals surface area contributed by atoms with Crippen LogP contribution in [0, 0.1) is 20.8 Å². The van der Waals surface area contributed by atoms with E-state index in [0.29, 0.717) is 36.9 Å². The topological polar surface area (TPSA) is 99.7 Å². The van der Waals surface area contributed by atoms with Crippen LogP contribution in [0.2, 0.25) is 0 Å². The molecule has 0 bridgehead atoms. The summed E-state index contributed by atoms with van der Waals surface area (Å²) in [4.78, 5) is 31.2.